The van der Waals surface area contributed by atoms with Gasteiger partial charge >= 0.3 is 295 Å². The van der Waals surface area contributed by atoms with Gasteiger partial charge in [0, 0.05) is 0 Å². The van der Waals surface area contributed by atoms with Gasteiger partial charge in [-0.3, -0.25) is 0 Å². The third-order valence-corrected chi connectivity index (χ3v) is 12.5. The number of nitro groups is 1. The maximum atomic E-state index is 12.4. The molecule has 234 valence electrons. The Kier molecular flexibility index (Phi) is 6.50. The molecule has 0 unspecified atom stereocenters. The standard InChI is InChI=1S/C46H27NO2Se/c48-47(49)46-36-21-10-8-19-34(36)44(35-20-9-11-22-37(35)46)39-23-12-24-40-45(39)38-26-25-29(27-41(38)50-40)43-32-17-6-4-15-30(32)42(28-13-2-1-3-14-28)31-16-5-7-18-33(31)43/h1-27H. The molecule has 3 nitrogen and oxygen atoms in total. The van der Waals surface area contributed by atoms with E-state index in [4.69, 9.17) is 0 Å². The zero-order valence-corrected chi connectivity index (χ0v) is 28.5. The SMILES string of the molecule is O=[N+]([O-])c1c2ccccc2c(-c2cccc3[se]c4cc(-c5c6ccccc6c(-c6ccccc6)c6ccccc56)ccc4c23)c2ccccc12. The van der Waals surface area contributed by atoms with Crippen LogP contribution in [0.15, 0.2) is 164 Å². The second kappa shape index (κ2) is 11.2. The van der Waals surface area contributed by atoms with Crippen LogP contribution in [0.5, 0.6) is 0 Å². The van der Waals surface area contributed by atoms with E-state index in [2.05, 4.69) is 115 Å². The van der Waals surface area contributed by atoms with Gasteiger partial charge in [0.15, 0.2) is 0 Å². The quantitative estimate of drug-likeness (QED) is 0.0792. The number of fused-ring (bicyclic) bond motifs is 7. The third kappa shape index (κ3) is 4.23. The number of nitrogens with zero attached hydrogens (tertiary/aromatic N) is 1. The van der Waals surface area contributed by atoms with Crippen LogP contribution >= 0.6 is 0 Å². The molecule has 0 spiro atoms. The van der Waals surface area contributed by atoms with Crippen LogP contribution in [-0.2, 0) is 0 Å². The Morgan fingerprint density at radius 3 is 1.42 bits per heavy atom. The van der Waals surface area contributed by atoms with E-state index in [1.807, 2.05) is 48.5 Å². The fourth-order valence-electron chi connectivity index (χ4n) is 8.14. The van der Waals surface area contributed by atoms with Crippen LogP contribution in [0.2, 0.25) is 0 Å². The molecule has 9 aromatic carbocycles. The van der Waals surface area contributed by atoms with Crippen molar-refractivity contribution < 1.29 is 4.92 Å². The second-order valence-electron chi connectivity index (χ2n) is 12.8. The van der Waals surface area contributed by atoms with Gasteiger partial charge in [0.05, 0.1) is 0 Å². The first kappa shape index (κ1) is 28.9. The van der Waals surface area contributed by atoms with E-state index < -0.39 is 0 Å². The predicted molar refractivity (Wildman–Crippen MR) is 211 cm³/mol. The number of hydrogen-bond acceptors (Lipinski definition) is 2. The zero-order chi connectivity index (χ0) is 33.3. The molecule has 1 heterocycles. The first-order valence-electron chi connectivity index (χ1n) is 16.7. The van der Waals surface area contributed by atoms with Gasteiger partial charge in [0.2, 0.25) is 0 Å². The minimum atomic E-state index is -0.233. The van der Waals surface area contributed by atoms with Crippen LogP contribution in [0.4, 0.5) is 5.69 Å². The molecule has 0 fully saturated rings. The van der Waals surface area contributed by atoms with Crippen molar-refractivity contribution >= 4 is 82.6 Å². The second-order valence-corrected chi connectivity index (χ2v) is 15.0. The average molecular weight is 705 g/mol. The average Bonchev–Trinajstić information content (AvgIpc) is 3.54. The molecule has 0 radical (unpaired) electrons. The van der Waals surface area contributed by atoms with Gasteiger partial charge in [-0.15, -0.1) is 0 Å². The van der Waals surface area contributed by atoms with Crippen molar-refractivity contribution in [2.75, 3.05) is 0 Å². The number of hydrogen-bond donors (Lipinski definition) is 0. The fraction of sp³-hybridized carbons (Fsp3) is 0. The van der Waals surface area contributed by atoms with Crippen molar-refractivity contribution in [1.82, 2.24) is 0 Å². The first-order valence-corrected chi connectivity index (χ1v) is 18.4. The van der Waals surface area contributed by atoms with Crippen LogP contribution in [0.3, 0.4) is 0 Å². The van der Waals surface area contributed by atoms with Gasteiger partial charge in [-0.25, -0.2) is 0 Å². The molecule has 10 rings (SSSR count). The molecule has 0 saturated heterocycles. The summed E-state index contributed by atoms with van der Waals surface area (Å²) in [5.74, 6) is 0. The fourth-order valence-corrected chi connectivity index (χ4v) is 10.6. The molecule has 10 aromatic rings. The molecule has 1 aromatic heterocycles. The summed E-state index contributed by atoms with van der Waals surface area (Å²) in [4.78, 5) is 12.2. The maximum absolute atomic E-state index is 12.4. The van der Waals surface area contributed by atoms with E-state index in [9.17, 15) is 10.1 Å². The Hall–Kier alpha value is -6.06. The molecular formula is C46H27NO2Se. The Labute approximate surface area is 293 Å². The molecule has 4 heteroatoms. The van der Waals surface area contributed by atoms with Crippen LogP contribution in [0, 0.1) is 10.1 Å². The van der Waals surface area contributed by atoms with Crippen molar-refractivity contribution in [2.24, 2.45) is 0 Å². The van der Waals surface area contributed by atoms with Gasteiger partial charge in [-0.2, -0.15) is 0 Å². The van der Waals surface area contributed by atoms with Crippen molar-refractivity contribution in [2.45, 2.75) is 0 Å². The topological polar surface area (TPSA) is 43.1 Å². The normalized spacial score (nSPS) is 11.8. The summed E-state index contributed by atoms with van der Waals surface area (Å²) in [6.45, 7) is 0. The van der Waals surface area contributed by atoms with E-state index in [1.165, 1.54) is 63.1 Å². The van der Waals surface area contributed by atoms with E-state index in [0.29, 0.717) is 10.8 Å². The van der Waals surface area contributed by atoms with E-state index in [0.717, 1.165) is 21.9 Å². The first-order chi connectivity index (χ1) is 24.7. The summed E-state index contributed by atoms with van der Waals surface area (Å²) in [5, 5.41) is 23.1. The van der Waals surface area contributed by atoms with Crippen molar-refractivity contribution in [1.29, 1.82) is 0 Å². The molecular weight excluding hydrogens is 677 g/mol. The van der Waals surface area contributed by atoms with Gasteiger partial charge in [-0.1, -0.05) is 0 Å². The monoisotopic (exact) mass is 705 g/mol. The Balaban J connectivity index is 1.26. The van der Waals surface area contributed by atoms with Gasteiger partial charge in [-0.05, 0) is 0 Å². The summed E-state index contributed by atoms with van der Waals surface area (Å²) in [6.07, 6.45) is 0. The molecule has 0 saturated carbocycles. The third-order valence-electron chi connectivity index (χ3n) is 10.1. The Bertz CT molecular complexity index is 2900. The van der Waals surface area contributed by atoms with E-state index >= 15 is 0 Å². The van der Waals surface area contributed by atoms with Gasteiger partial charge in [0.25, 0.3) is 0 Å². The van der Waals surface area contributed by atoms with Crippen LogP contribution < -0.4 is 0 Å². The summed E-state index contributed by atoms with van der Waals surface area (Å²) >= 11 is 0.0959. The number of rotatable bonds is 4. The Morgan fingerprint density at radius 2 is 0.880 bits per heavy atom. The molecule has 0 aliphatic carbocycles. The summed E-state index contributed by atoms with van der Waals surface area (Å²) in [7, 11) is 0. The number of benzene rings is 9. The van der Waals surface area contributed by atoms with E-state index in [-0.39, 0.29) is 25.1 Å². The van der Waals surface area contributed by atoms with Crippen LogP contribution in [0.1, 0.15) is 0 Å². The van der Waals surface area contributed by atoms with Crippen molar-refractivity contribution in [3.8, 4) is 33.4 Å². The van der Waals surface area contributed by atoms with Crippen LogP contribution in [0.25, 0.3) is 95.8 Å². The van der Waals surface area contributed by atoms with E-state index in [1.54, 1.807) is 0 Å². The van der Waals surface area contributed by atoms with Crippen molar-refractivity contribution in [3.63, 3.8) is 0 Å². The zero-order valence-electron chi connectivity index (χ0n) is 26.8. The molecule has 0 N–H and O–H groups in total. The van der Waals surface area contributed by atoms with Crippen molar-refractivity contribution in [3.05, 3.63) is 174 Å². The summed E-state index contributed by atoms with van der Waals surface area (Å²) in [6, 6.07) is 57.5. The molecule has 0 aliphatic heterocycles. The number of nitro benzene ring substituents is 1. The molecule has 0 atom stereocenters. The number of non-ortho nitro benzene ring substituents is 1. The molecule has 50 heavy (non-hydrogen) atoms. The van der Waals surface area contributed by atoms with Gasteiger partial charge in [0.1, 0.15) is 0 Å². The predicted octanol–water partition coefficient (Wildman–Crippen LogP) is 12.6. The van der Waals surface area contributed by atoms with Gasteiger partial charge < -0.3 is 0 Å². The molecule has 0 aliphatic rings. The summed E-state index contributed by atoms with van der Waals surface area (Å²) in [5.41, 5.74) is 7.32. The molecule has 0 amide bonds. The molecule has 0 bridgehead atoms. The van der Waals surface area contributed by atoms with Crippen LogP contribution in [-0.4, -0.2) is 19.4 Å². The minimum absolute atomic E-state index is 0.0959. The Morgan fingerprint density at radius 1 is 0.400 bits per heavy atom. The summed E-state index contributed by atoms with van der Waals surface area (Å²) < 4.78 is 2.69.